The summed E-state index contributed by atoms with van der Waals surface area (Å²) < 4.78 is 15.7. The van der Waals surface area contributed by atoms with E-state index in [-0.39, 0.29) is 25.2 Å². The van der Waals surface area contributed by atoms with Gasteiger partial charge in [-0.15, -0.1) is 0 Å². The Morgan fingerprint density at radius 3 is 2.60 bits per heavy atom. The van der Waals surface area contributed by atoms with Gasteiger partial charge in [-0.2, -0.15) is 10.4 Å². The molecule has 2 aliphatic heterocycles. The maximum Gasteiger partial charge on any atom is 0.220 e. The molecule has 274 valence electrons. The van der Waals surface area contributed by atoms with Crippen LogP contribution in [0.1, 0.15) is 60.8 Å². The lowest BCUT2D eigenvalue weighted by Gasteiger charge is -2.18. The fourth-order valence-corrected chi connectivity index (χ4v) is 7.97. The number of nitriles is 1. The van der Waals surface area contributed by atoms with Crippen LogP contribution in [0.4, 0.5) is 0 Å². The van der Waals surface area contributed by atoms with Crippen LogP contribution >= 0.6 is 27.5 Å². The summed E-state index contributed by atoms with van der Waals surface area (Å²) >= 11 is 10.7. The van der Waals surface area contributed by atoms with Crippen LogP contribution in [0.3, 0.4) is 0 Å². The van der Waals surface area contributed by atoms with Gasteiger partial charge in [0.2, 0.25) is 5.91 Å². The monoisotopic (exact) mass is 795 g/mol. The molecular formula is C41H43BrClN7O3. The number of carbonyl (C=O) groups excluding carboxylic acids is 1. The van der Waals surface area contributed by atoms with Crippen molar-refractivity contribution in [1.82, 2.24) is 30.3 Å². The predicted molar refractivity (Wildman–Crippen MR) is 210 cm³/mol. The molecule has 0 aliphatic carbocycles. The molecule has 7 rings (SSSR count). The Labute approximate surface area is 323 Å². The number of hydrogen-bond acceptors (Lipinski definition) is 8. The molecule has 12 heteroatoms. The molecular weight excluding hydrogens is 754 g/mol. The number of hydrogen-bond donors (Lipinski definition) is 2. The van der Waals surface area contributed by atoms with E-state index in [1.54, 1.807) is 12.3 Å². The summed E-state index contributed by atoms with van der Waals surface area (Å²) in [5.74, 6) is 1.17. The van der Waals surface area contributed by atoms with Gasteiger partial charge in [0.1, 0.15) is 30.8 Å². The van der Waals surface area contributed by atoms with Gasteiger partial charge in [0, 0.05) is 77.1 Å². The van der Waals surface area contributed by atoms with Crippen LogP contribution < -0.4 is 20.1 Å². The number of amides is 1. The second-order valence-corrected chi connectivity index (χ2v) is 14.9. The zero-order chi connectivity index (χ0) is 36.6. The highest BCUT2D eigenvalue weighted by Gasteiger charge is 2.21. The van der Waals surface area contributed by atoms with Gasteiger partial charge in [-0.1, -0.05) is 41.9 Å². The van der Waals surface area contributed by atoms with Gasteiger partial charge >= 0.3 is 0 Å². The normalized spacial score (nSPS) is 15.9. The number of unbranched alkanes of at least 4 members (excludes halogenated alkanes) is 1. The number of halogens is 2. The largest absolute Gasteiger partial charge is 0.488 e. The number of rotatable bonds is 16. The Bertz CT molecular complexity index is 2110. The number of aromatic nitrogens is 3. The van der Waals surface area contributed by atoms with Crippen LogP contribution in [0.15, 0.2) is 77.7 Å². The Kier molecular flexibility index (Phi) is 12.2. The summed E-state index contributed by atoms with van der Waals surface area (Å²) in [5.41, 5.74) is 6.36. The first-order valence-corrected chi connectivity index (χ1v) is 19.5. The fraction of sp³-hybridized carbons (Fsp3) is 0.366. The number of nitrogens with one attached hydrogen (secondary N) is 2. The number of ether oxygens (including phenoxy) is 2. The van der Waals surface area contributed by atoms with Crippen molar-refractivity contribution in [1.29, 1.82) is 5.26 Å². The van der Waals surface area contributed by atoms with Crippen LogP contribution in [-0.2, 0) is 31.1 Å². The Balaban J connectivity index is 1.06. The maximum atomic E-state index is 11.7. The molecule has 2 aromatic heterocycles. The third-order valence-electron chi connectivity index (χ3n) is 9.96. The molecule has 2 saturated heterocycles. The van der Waals surface area contributed by atoms with Crippen LogP contribution in [0.5, 0.6) is 11.5 Å². The Morgan fingerprint density at radius 1 is 0.962 bits per heavy atom. The molecule has 0 bridgehead atoms. The number of likely N-dealkylation sites (tertiary alicyclic amines) is 1. The maximum absolute atomic E-state index is 11.7. The third kappa shape index (κ3) is 9.19. The van der Waals surface area contributed by atoms with Gasteiger partial charge in [0.15, 0.2) is 0 Å². The summed E-state index contributed by atoms with van der Waals surface area (Å²) in [6.07, 6.45) is 11.5. The molecule has 2 fully saturated rings. The van der Waals surface area contributed by atoms with Crippen LogP contribution in [0, 0.1) is 11.3 Å². The lowest BCUT2D eigenvalue weighted by atomic mass is 10.00. The molecule has 2 aliphatic rings. The number of pyridine rings is 1. The van der Waals surface area contributed by atoms with E-state index < -0.39 is 0 Å². The average molecular weight is 797 g/mol. The molecule has 2 N–H and O–H groups in total. The third-order valence-corrected chi connectivity index (χ3v) is 11.2. The summed E-state index contributed by atoms with van der Waals surface area (Å²) in [5, 5.41) is 22.1. The minimum Gasteiger partial charge on any atom is -0.488 e. The molecule has 5 aromatic rings. The van der Waals surface area contributed by atoms with Gasteiger partial charge < -0.3 is 25.0 Å². The van der Waals surface area contributed by atoms with Crippen molar-refractivity contribution in [3.05, 3.63) is 105 Å². The highest BCUT2D eigenvalue weighted by atomic mass is 79.9. The van der Waals surface area contributed by atoms with Crippen molar-refractivity contribution < 1.29 is 14.3 Å². The topological polar surface area (TPSA) is 117 Å². The second kappa shape index (κ2) is 17.6. The van der Waals surface area contributed by atoms with Gasteiger partial charge in [0.05, 0.1) is 22.3 Å². The molecule has 0 saturated carbocycles. The number of aryl methyl sites for hydroxylation is 1. The first kappa shape index (κ1) is 36.9. The summed E-state index contributed by atoms with van der Waals surface area (Å²) in [7, 11) is 0. The number of fused-ring (bicyclic) bond motifs is 1. The lowest BCUT2D eigenvalue weighted by Crippen LogP contribution is -2.35. The molecule has 53 heavy (non-hydrogen) atoms. The van der Waals surface area contributed by atoms with E-state index in [0.29, 0.717) is 41.6 Å². The molecule has 1 amide bonds. The Morgan fingerprint density at radius 2 is 1.77 bits per heavy atom. The summed E-state index contributed by atoms with van der Waals surface area (Å²) in [6.45, 7) is 6.14. The highest BCUT2D eigenvalue weighted by molar-refractivity contribution is 9.10. The molecule has 0 spiro atoms. The van der Waals surface area contributed by atoms with Gasteiger partial charge in [-0.3, -0.25) is 14.5 Å². The van der Waals surface area contributed by atoms with Crippen molar-refractivity contribution in [2.45, 2.75) is 70.9 Å². The first-order chi connectivity index (χ1) is 25.9. The molecule has 10 nitrogen and oxygen atoms in total. The predicted octanol–water partition coefficient (Wildman–Crippen LogP) is 7.79. The van der Waals surface area contributed by atoms with E-state index in [1.807, 2.05) is 30.5 Å². The SMILES string of the molecule is N#Cc1cncc(COc2cc(OCc3cccc(-c4cccc5c4cnn5CCCCN4CCCC4)c3Br)c(Cl)cc2CNCC2CCC(=O)N2)c1. The van der Waals surface area contributed by atoms with E-state index >= 15 is 0 Å². The first-order valence-electron chi connectivity index (χ1n) is 18.3. The quantitative estimate of drug-likeness (QED) is 0.0973. The minimum absolute atomic E-state index is 0.0813. The van der Waals surface area contributed by atoms with Crippen LogP contribution in [0.25, 0.3) is 22.0 Å². The smallest absolute Gasteiger partial charge is 0.220 e. The van der Waals surface area contributed by atoms with Crippen molar-refractivity contribution in [2.24, 2.45) is 0 Å². The van der Waals surface area contributed by atoms with Crippen LogP contribution in [-0.4, -0.2) is 57.8 Å². The van der Waals surface area contributed by atoms with Crippen LogP contribution in [0.2, 0.25) is 5.02 Å². The van der Waals surface area contributed by atoms with Gasteiger partial charge in [-0.05, 0) is 97.0 Å². The van der Waals surface area contributed by atoms with Crippen molar-refractivity contribution in [2.75, 3.05) is 26.2 Å². The van der Waals surface area contributed by atoms with Gasteiger partial charge in [-0.25, -0.2) is 0 Å². The summed E-state index contributed by atoms with van der Waals surface area (Å²) in [4.78, 5) is 18.4. The number of benzene rings is 3. The summed E-state index contributed by atoms with van der Waals surface area (Å²) in [6, 6.07) is 20.2. The van der Waals surface area contributed by atoms with Crippen molar-refractivity contribution in [3.8, 4) is 28.7 Å². The minimum atomic E-state index is 0.0813. The molecule has 3 aromatic carbocycles. The van der Waals surface area contributed by atoms with E-state index in [2.05, 4.69) is 71.5 Å². The van der Waals surface area contributed by atoms with E-state index in [4.69, 9.17) is 26.2 Å². The second-order valence-electron chi connectivity index (χ2n) is 13.7. The number of carbonyl (C=O) groups is 1. The molecule has 1 atom stereocenters. The van der Waals surface area contributed by atoms with Crippen molar-refractivity contribution >= 4 is 44.3 Å². The molecule has 0 radical (unpaired) electrons. The average Bonchev–Trinajstić information content (AvgIpc) is 3.95. The number of nitrogens with zero attached hydrogens (tertiary/aromatic N) is 5. The molecule has 4 heterocycles. The lowest BCUT2D eigenvalue weighted by molar-refractivity contribution is -0.119. The highest BCUT2D eigenvalue weighted by Crippen LogP contribution is 2.38. The fourth-order valence-electron chi connectivity index (χ4n) is 7.13. The van der Waals surface area contributed by atoms with E-state index in [9.17, 15) is 10.1 Å². The van der Waals surface area contributed by atoms with Gasteiger partial charge in [0.25, 0.3) is 0 Å². The molecule has 1 unspecified atom stereocenters. The zero-order valence-corrected chi connectivity index (χ0v) is 32.0. The van der Waals surface area contributed by atoms with E-state index in [0.717, 1.165) is 62.6 Å². The van der Waals surface area contributed by atoms with E-state index in [1.165, 1.54) is 45.1 Å². The zero-order valence-electron chi connectivity index (χ0n) is 29.6. The van der Waals surface area contributed by atoms with Crippen molar-refractivity contribution in [3.63, 3.8) is 0 Å². The standard InChI is InChI=1S/C41H43BrClN7O3/c42-41-30(7-5-9-34(41)33-8-6-10-37-35(33)25-47-50(37)16-4-3-15-49-13-1-2-14-49)27-53-39-19-38(52-26-29-17-28(20-44)21-45-22-29)31(18-36(39)43)23-46-24-32-11-12-40(51)48-32/h5-10,17-19,21-22,25,32,46H,1-4,11-16,23-24,26-27H2,(H,48,51). The Hall–Kier alpha value is -4.47.